The van der Waals surface area contributed by atoms with E-state index in [0.29, 0.717) is 11.3 Å². The molecular formula is C22H21F3N2O. The second-order valence-electron chi connectivity index (χ2n) is 7.14. The van der Waals surface area contributed by atoms with Crippen LogP contribution >= 0.6 is 0 Å². The third-order valence-corrected chi connectivity index (χ3v) is 4.99. The van der Waals surface area contributed by atoms with Crippen molar-refractivity contribution in [3.05, 3.63) is 65.4 Å². The Morgan fingerprint density at radius 3 is 2.57 bits per heavy atom. The van der Waals surface area contributed by atoms with Crippen LogP contribution in [0, 0.1) is 6.92 Å². The monoisotopic (exact) mass is 386 g/mol. The zero-order valence-electron chi connectivity index (χ0n) is 15.6. The Balaban J connectivity index is 1.57. The van der Waals surface area contributed by atoms with Gasteiger partial charge in [-0.25, -0.2) is 0 Å². The van der Waals surface area contributed by atoms with Crippen LogP contribution < -0.4 is 9.64 Å². The van der Waals surface area contributed by atoms with Gasteiger partial charge in [0.25, 0.3) is 0 Å². The summed E-state index contributed by atoms with van der Waals surface area (Å²) in [6.45, 7) is 4.13. The zero-order chi connectivity index (χ0) is 19.7. The van der Waals surface area contributed by atoms with Crippen LogP contribution in [0.1, 0.15) is 29.7 Å². The van der Waals surface area contributed by atoms with Crippen molar-refractivity contribution >= 4 is 16.6 Å². The van der Waals surface area contributed by atoms with Gasteiger partial charge in [0, 0.05) is 35.9 Å². The lowest BCUT2D eigenvalue weighted by molar-refractivity contribution is -0.137. The molecule has 0 bridgehead atoms. The number of anilines is 1. The van der Waals surface area contributed by atoms with E-state index in [-0.39, 0.29) is 6.61 Å². The molecule has 3 aromatic rings. The fourth-order valence-electron chi connectivity index (χ4n) is 3.63. The average molecular weight is 386 g/mol. The van der Waals surface area contributed by atoms with E-state index in [4.69, 9.17) is 4.74 Å². The van der Waals surface area contributed by atoms with Gasteiger partial charge in [0.2, 0.25) is 0 Å². The van der Waals surface area contributed by atoms with Crippen molar-refractivity contribution in [2.45, 2.75) is 32.5 Å². The van der Waals surface area contributed by atoms with Gasteiger partial charge in [0.15, 0.2) is 0 Å². The SMILES string of the molecule is Cc1cc(N2CCCC2)c2ccc(OCc3cccc(C(F)(F)F)c3)cc2n1. The first-order chi connectivity index (χ1) is 13.4. The van der Waals surface area contributed by atoms with Gasteiger partial charge in [-0.05, 0) is 55.7 Å². The number of rotatable bonds is 4. The highest BCUT2D eigenvalue weighted by Gasteiger charge is 2.30. The highest BCUT2D eigenvalue weighted by atomic mass is 19.4. The first-order valence-corrected chi connectivity index (χ1v) is 9.35. The molecule has 0 aliphatic carbocycles. The number of aryl methyl sites for hydroxylation is 1. The molecule has 1 fully saturated rings. The third kappa shape index (κ3) is 3.91. The van der Waals surface area contributed by atoms with Crippen molar-refractivity contribution in [2.75, 3.05) is 18.0 Å². The Morgan fingerprint density at radius 1 is 1.04 bits per heavy atom. The first kappa shape index (κ1) is 18.6. The summed E-state index contributed by atoms with van der Waals surface area (Å²) in [6, 6.07) is 13.0. The van der Waals surface area contributed by atoms with Crippen LogP contribution in [0.4, 0.5) is 18.9 Å². The predicted octanol–water partition coefficient (Wildman–Crippen LogP) is 5.74. The first-order valence-electron chi connectivity index (χ1n) is 9.35. The van der Waals surface area contributed by atoms with Gasteiger partial charge in [-0.2, -0.15) is 13.2 Å². The molecule has 0 radical (unpaired) electrons. The van der Waals surface area contributed by atoms with E-state index >= 15 is 0 Å². The minimum atomic E-state index is -4.35. The largest absolute Gasteiger partial charge is 0.489 e. The van der Waals surface area contributed by atoms with Gasteiger partial charge in [-0.3, -0.25) is 4.98 Å². The van der Waals surface area contributed by atoms with Crippen molar-refractivity contribution in [3.63, 3.8) is 0 Å². The molecule has 0 spiro atoms. The van der Waals surface area contributed by atoms with Crippen LogP contribution in [0.3, 0.4) is 0 Å². The molecule has 2 heterocycles. The number of nitrogens with zero attached hydrogens (tertiary/aromatic N) is 2. The summed E-state index contributed by atoms with van der Waals surface area (Å²) in [7, 11) is 0. The van der Waals surface area contributed by atoms with Crippen LogP contribution in [0.2, 0.25) is 0 Å². The topological polar surface area (TPSA) is 25.4 Å². The van der Waals surface area contributed by atoms with E-state index in [1.54, 1.807) is 6.07 Å². The van der Waals surface area contributed by atoms with Crippen molar-refractivity contribution < 1.29 is 17.9 Å². The molecular weight excluding hydrogens is 365 g/mol. The molecule has 0 N–H and O–H groups in total. The second kappa shape index (κ2) is 7.34. The molecule has 6 heteroatoms. The number of pyridine rings is 1. The highest BCUT2D eigenvalue weighted by molar-refractivity contribution is 5.93. The molecule has 1 saturated heterocycles. The normalized spacial score (nSPS) is 14.6. The number of hydrogen-bond acceptors (Lipinski definition) is 3. The number of alkyl halides is 3. The molecule has 1 aliphatic heterocycles. The fourth-order valence-corrected chi connectivity index (χ4v) is 3.63. The zero-order valence-corrected chi connectivity index (χ0v) is 15.6. The molecule has 1 aromatic heterocycles. The number of fused-ring (bicyclic) bond motifs is 1. The van der Waals surface area contributed by atoms with Gasteiger partial charge < -0.3 is 9.64 Å². The summed E-state index contributed by atoms with van der Waals surface area (Å²) in [4.78, 5) is 6.99. The number of hydrogen-bond donors (Lipinski definition) is 0. The van der Waals surface area contributed by atoms with Crippen molar-refractivity contribution in [2.24, 2.45) is 0 Å². The average Bonchev–Trinajstić information content (AvgIpc) is 3.19. The molecule has 3 nitrogen and oxygen atoms in total. The quantitative estimate of drug-likeness (QED) is 0.572. The minimum Gasteiger partial charge on any atom is -0.489 e. The Bertz CT molecular complexity index is 995. The molecule has 0 amide bonds. The lowest BCUT2D eigenvalue weighted by atomic mass is 10.1. The molecule has 4 rings (SSSR count). The standard InChI is InChI=1S/C22H21F3N2O/c1-15-11-21(27-9-2-3-10-27)19-8-7-18(13-20(19)26-15)28-14-16-5-4-6-17(12-16)22(23,24)25/h4-8,11-13H,2-3,9-10,14H2,1H3. The van der Waals surface area contributed by atoms with Crippen molar-refractivity contribution in [1.29, 1.82) is 0 Å². The Morgan fingerprint density at radius 2 is 1.82 bits per heavy atom. The fraction of sp³-hybridized carbons (Fsp3) is 0.318. The van der Waals surface area contributed by atoms with Crippen LogP contribution in [0.25, 0.3) is 10.9 Å². The Hall–Kier alpha value is -2.76. The van der Waals surface area contributed by atoms with E-state index in [1.807, 2.05) is 25.1 Å². The Labute approximate surface area is 161 Å². The maximum absolute atomic E-state index is 12.9. The molecule has 0 atom stereocenters. The van der Waals surface area contributed by atoms with Crippen LogP contribution in [-0.2, 0) is 12.8 Å². The lowest BCUT2D eigenvalue weighted by Crippen LogP contribution is -2.18. The molecule has 146 valence electrons. The number of benzene rings is 2. The maximum atomic E-state index is 12.9. The van der Waals surface area contributed by atoms with Crippen molar-refractivity contribution in [3.8, 4) is 5.75 Å². The smallest absolute Gasteiger partial charge is 0.416 e. The van der Waals surface area contributed by atoms with Crippen LogP contribution in [0.15, 0.2) is 48.5 Å². The van der Waals surface area contributed by atoms with E-state index < -0.39 is 11.7 Å². The van der Waals surface area contributed by atoms with E-state index in [1.165, 1.54) is 24.6 Å². The molecule has 2 aromatic carbocycles. The third-order valence-electron chi connectivity index (χ3n) is 4.99. The number of ether oxygens (including phenoxy) is 1. The molecule has 1 aliphatic rings. The van der Waals surface area contributed by atoms with Gasteiger partial charge in [0.05, 0.1) is 11.1 Å². The summed E-state index contributed by atoms with van der Waals surface area (Å²) in [5.41, 5.74) is 2.77. The lowest BCUT2D eigenvalue weighted by Gasteiger charge is -2.20. The van der Waals surface area contributed by atoms with Gasteiger partial charge in [0.1, 0.15) is 12.4 Å². The molecule has 0 unspecified atom stereocenters. The summed E-state index contributed by atoms with van der Waals surface area (Å²) in [5.74, 6) is 0.593. The van der Waals surface area contributed by atoms with Crippen molar-refractivity contribution in [1.82, 2.24) is 4.98 Å². The van der Waals surface area contributed by atoms with Gasteiger partial charge >= 0.3 is 6.18 Å². The summed E-state index contributed by atoms with van der Waals surface area (Å²) < 4.78 is 44.3. The molecule has 28 heavy (non-hydrogen) atoms. The summed E-state index contributed by atoms with van der Waals surface area (Å²) >= 11 is 0. The van der Waals surface area contributed by atoms with Gasteiger partial charge in [-0.1, -0.05) is 12.1 Å². The Kier molecular flexibility index (Phi) is 4.87. The van der Waals surface area contributed by atoms with E-state index in [2.05, 4.69) is 16.0 Å². The number of aromatic nitrogens is 1. The maximum Gasteiger partial charge on any atom is 0.416 e. The number of halogens is 3. The molecule has 0 saturated carbocycles. The highest BCUT2D eigenvalue weighted by Crippen LogP contribution is 2.32. The predicted molar refractivity (Wildman–Crippen MR) is 104 cm³/mol. The summed E-state index contributed by atoms with van der Waals surface area (Å²) in [5, 5.41) is 1.07. The van der Waals surface area contributed by atoms with Crippen LogP contribution in [-0.4, -0.2) is 18.1 Å². The van der Waals surface area contributed by atoms with Gasteiger partial charge in [-0.15, -0.1) is 0 Å². The van der Waals surface area contributed by atoms with E-state index in [9.17, 15) is 13.2 Å². The summed E-state index contributed by atoms with van der Waals surface area (Å²) in [6.07, 6.45) is -1.96. The van der Waals surface area contributed by atoms with Crippen LogP contribution in [0.5, 0.6) is 5.75 Å². The minimum absolute atomic E-state index is 0.0697. The van der Waals surface area contributed by atoms with E-state index in [0.717, 1.165) is 41.8 Å². The second-order valence-corrected chi connectivity index (χ2v) is 7.14.